The van der Waals surface area contributed by atoms with Crippen LogP contribution in [0.3, 0.4) is 0 Å². The van der Waals surface area contributed by atoms with Crippen LogP contribution >= 0.6 is 0 Å². The summed E-state index contributed by atoms with van der Waals surface area (Å²) in [7, 11) is 0. The van der Waals surface area contributed by atoms with Gasteiger partial charge >= 0.3 is 0 Å². The molecule has 0 bridgehead atoms. The Morgan fingerprint density at radius 1 is 0.429 bits per heavy atom. The van der Waals surface area contributed by atoms with Gasteiger partial charge in [-0.1, -0.05) is 91.0 Å². The average Bonchev–Trinajstić information content (AvgIpc) is 3.98. The van der Waals surface area contributed by atoms with Crippen LogP contribution in [-0.4, -0.2) is 9.13 Å². The summed E-state index contributed by atoms with van der Waals surface area (Å²) in [5.74, 6) is 0. The maximum Gasteiger partial charge on any atom is 0.189 e. The van der Waals surface area contributed by atoms with Crippen LogP contribution in [-0.2, 0) is 0 Å². The summed E-state index contributed by atoms with van der Waals surface area (Å²) >= 11 is 0. The van der Waals surface area contributed by atoms with Crippen molar-refractivity contribution in [2.45, 2.75) is 0 Å². The molecule has 6 nitrogen and oxygen atoms in total. The minimum atomic E-state index is 0.527. The largest absolute Gasteiger partial charge is 0.456 e. The van der Waals surface area contributed by atoms with E-state index in [4.69, 9.17) is 15.4 Å². The van der Waals surface area contributed by atoms with Crippen molar-refractivity contribution in [3.63, 3.8) is 0 Å². The van der Waals surface area contributed by atoms with Gasteiger partial charge in [-0.05, 0) is 54.6 Å². The summed E-state index contributed by atoms with van der Waals surface area (Å²) in [4.78, 5) is 3.90. The molecule has 0 N–H and O–H groups in total. The van der Waals surface area contributed by atoms with Crippen LogP contribution in [0.4, 0.5) is 5.69 Å². The molecule has 0 aliphatic rings. The lowest BCUT2D eigenvalue weighted by Gasteiger charge is -2.19. The number of para-hydroxylation sites is 4. The van der Waals surface area contributed by atoms with E-state index in [0.717, 1.165) is 110 Å². The molecular formula is C50H26N4O2. The quantitative estimate of drug-likeness (QED) is 0.171. The molecule has 0 aliphatic carbocycles. The van der Waals surface area contributed by atoms with E-state index in [9.17, 15) is 5.26 Å². The highest BCUT2D eigenvalue weighted by molar-refractivity contribution is 6.19. The summed E-state index contributed by atoms with van der Waals surface area (Å²) in [6.07, 6.45) is 0. The smallest absolute Gasteiger partial charge is 0.189 e. The Labute approximate surface area is 318 Å². The highest BCUT2D eigenvalue weighted by Gasteiger charge is 2.23. The van der Waals surface area contributed by atoms with Crippen LogP contribution in [0.5, 0.6) is 0 Å². The third-order valence-electron chi connectivity index (χ3n) is 11.4. The lowest BCUT2D eigenvalue weighted by molar-refractivity contribution is 0.669. The molecule has 258 valence electrons. The molecule has 0 radical (unpaired) electrons. The Kier molecular flexibility index (Phi) is 6.10. The molecule has 0 atom stereocenters. The molecule has 0 saturated heterocycles. The first kappa shape index (κ1) is 30.4. The van der Waals surface area contributed by atoms with Gasteiger partial charge in [0.05, 0.1) is 46.0 Å². The zero-order valence-corrected chi connectivity index (χ0v) is 29.6. The molecular weight excluding hydrogens is 689 g/mol. The van der Waals surface area contributed by atoms with E-state index in [-0.39, 0.29) is 0 Å². The second-order valence-electron chi connectivity index (χ2n) is 14.3. The van der Waals surface area contributed by atoms with E-state index < -0.39 is 0 Å². The van der Waals surface area contributed by atoms with Gasteiger partial charge in [0, 0.05) is 72.0 Å². The van der Waals surface area contributed by atoms with Crippen molar-refractivity contribution >= 4 is 93.2 Å². The first-order valence-electron chi connectivity index (χ1n) is 18.4. The van der Waals surface area contributed by atoms with Crippen LogP contribution in [0.15, 0.2) is 167 Å². The molecule has 0 aliphatic heterocycles. The van der Waals surface area contributed by atoms with Gasteiger partial charge in [0.15, 0.2) is 5.69 Å². The Morgan fingerprint density at radius 3 is 1.45 bits per heavy atom. The zero-order valence-electron chi connectivity index (χ0n) is 29.6. The van der Waals surface area contributed by atoms with Gasteiger partial charge < -0.3 is 18.0 Å². The summed E-state index contributed by atoms with van der Waals surface area (Å²) in [5, 5.41) is 19.0. The Bertz CT molecular complexity index is 3500. The number of furan rings is 2. The normalized spacial score (nSPS) is 11.9. The van der Waals surface area contributed by atoms with Gasteiger partial charge in [0.25, 0.3) is 0 Å². The first-order chi connectivity index (χ1) is 27.7. The first-order valence-corrected chi connectivity index (χ1v) is 18.4. The number of hydrogen-bond donors (Lipinski definition) is 0. The maximum atomic E-state index is 10.3. The molecule has 0 spiro atoms. The monoisotopic (exact) mass is 714 g/mol. The molecule has 6 heteroatoms. The minimum Gasteiger partial charge on any atom is -0.456 e. The molecule has 0 amide bonds. The van der Waals surface area contributed by atoms with Crippen molar-refractivity contribution in [1.29, 1.82) is 5.26 Å². The van der Waals surface area contributed by atoms with Crippen LogP contribution in [0.25, 0.3) is 115 Å². The number of nitriles is 1. The fourth-order valence-electron chi connectivity index (χ4n) is 8.91. The fourth-order valence-corrected chi connectivity index (χ4v) is 8.91. The minimum absolute atomic E-state index is 0.527. The third kappa shape index (κ3) is 4.13. The third-order valence-corrected chi connectivity index (χ3v) is 11.4. The van der Waals surface area contributed by atoms with Gasteiger partial charge in [0.2, 0.25) is 0 Å². The van der Waals surface area contributed by atoms with E-state index >= 15 is 0 Å². The van der Waals surface area contributed by atoms with Gasteiger partial charge in [-0.3, -0.25) is 0 Å². The Balaban J connectivity index is 1.19. The van der Waals surface area contributed by atoms with Crippen molar-refractivity contribution in [3.8, 4) is 28.6 Å². The van der Waals surface area contributed by atoms with Gasteiger partial charge in [-0.25, -0.2) is 4.85 Å². The topological polar surface area (TPSA) is 64.3 Å². The second kappa shape index (κ2) is 11.2. The zero-order chi connectivity index (χ0) is 37.1. The Hall–Kier alpha value is -8.06. The van der Waals surface area contributed by atoms with E-state index in [1.807, 2.05) is 72.8 Å². The maximum absolute atomic E-state index is 10.3. The number of nitrogens with zero attached hydrogens (tertiary/aromatic N) is 4. The molecule has 0 fully saturated rings. The second-order valence-corrected chi connectivity index (χ2v) is 14.3. The van der Waals surface area contributed by atoms with E-state index in [1.54, 1.807) is 0 Å². The summed E-state index contributed by atoms with van der Waals surface area (Å²) in [5.41, 5.74) is 11.9. The fraction of sp³-hybridized carbons (Fsp3) is 0. The molecule has 4 heterocycles. The van der Waals surface area contributed by atoms with Gasteiger partial charge in [0.1, 0.15) is 22.3 Å². The van der Waals surface area contributed by atoms with Gasteiger partial charge in [-0.2, -0.15) is 5.26 Å². The number of rotatable bonds is 3. The molecule has 12 aromatic rings. The highest BCUT2D eigenvalue weighted by atomic mass is 16.3. The molecule has 8 aromatic carbocycles. The van der Waals surface area contributed by atoms with Gasteiger partial charge in [-0.15, -0.1) is 0 Å². The summed E-state index contributed by atoms with van der Waals surface area (Å²) in [6, 6.07) is 56.0. The number of benzene rings is 8. The van der Waals surface area contributed by atoms with Crippen molar-refractivity contribution in [1.82, 2.24) is 9.13 Å². The lowest BCUT2D eigenvalue weighted by Crippen LogP contribution is -2.02. The lowest BCUT2D eigenvalue weighted by atomic mass is 9.98. The molecule has 0 unspecified atom stereocenters. The van der Waals surface area contributed by atoms with Crippen LogP contribution in [0.2, 0.25) is 0 Å². The molecule has 12 rings (SSSR count). The SMILES string of the molecule is [C-]#[N+]c1ccc(-c2ccc(C#N)cc2-n2c3ccccc3c3cc4c(cc32)oc2ccccc24)c(-n2c3ccccc3c3cc4c(cc32)oc2ccccc24)c1. The van der Waals surface area contributed by atoms with E-state index in [1.165, 1.54) is 0 Å². The van der Waals surface area contributed by atoms with Crippen molar-refractivity contribution in [2.24, 2.45) is 0 Å². The van der Waals surface area contributed by atoms with Crippen molar-refractivity contribution < 1.29 is 8.83 Å². The highest BCUT2D eigenvalue weighted by Crippen LogP contribution is 2.45. The molecule has 4 aromatic heterocycles. The predicted molar refractivity (Wildman–Crippen MR) is 226 cm³/mol. The number of aromatic nitrogens is 2. The molecule has 56 heavy (non-hydrogen) atoms. The number of fused-ring (bicyclic) bond motifs is 12. The predicted octanol–water partition coefficient (Wildman–Crippen LogP) is 13.8. The summed E-state index contributed by atoms with van der Waals surface area (Å²) < 4.78 is 17.4. The van der Waals surface area contributed by atoms with Crippen molar-refractivity contribution in [2.75, 3.05) is 0 Å². The standard InChI is InChI=1S/C50H26N4O2/c1-52-30-19-21-34(44(23-30)54-42-15-7-3-11-32(42)38-25-40-36-13-5-9-17-48(36)56-50(40)27-46(38)54)33-20-18-29(28-51)22-43(33)53-41-14-6-2-10-31(41)37-24-39-35-12-4-8-16-47(35)55-49(39)26-45(37)53/h2-27H. The average molecular weight is 715 g/mol. The van der Waals surface area contributed by atoms with Crippen molar-refractivity contribution in [3.05, 3.63) is 175 Å². The summed E-state index contributed by atoms with van der Waals surface area (Å²) in [6.45, 7) is 8.08. The van der Waals surface area contributed by atoms with E-state index in [0.29, 0.717) is 11.3 Å². The van der Waals surface area contributed by atoms with Crippen LogP contribution in [0, 0.1) is 17.9 Å². The molecule has 0 saturated carbocycles. The van der Waals surface area contributed by atoms with Crippen LogP contribution < -0.4 is 0 Å². The Morgan fingerprint density at radius 2 is 0.911 bits per heavy atom. The van der Waals surface area contributed by atoms with Crippen LogP contribution in [0.1, 0.15) is 5.56 Å². The number of hydrogen-bond acceptors (Lipinski definition) is 3. The van der Waals surface area contributed by atoms with E-state index in [2.05, 4.69) is 105 Å².